The molecule has 2 N–H and O–H groups in total. The van der Waals surface area contributed by atoms with Gasteiger partial charge in [0.2, 0.25) is 0 Å². The van der Waals surface area contributed by atoms with Crippen molar-refractivity contribution in [2.75, 3.05) is 6.54 Å². The Morgan fingerprint density at radius 2 is 2.06 bits per heavy atom. The van der Waals surface area contributed by atoms with E-state index in [1.807, 2.05) is 12.1 Å². The van der Waals surface area contributed by atoms with Crippen LogP contribution < -0.4 is 5.73 Å². The lowest BCUT2D eigenvalue weighted by molar-refractivity contribution is 0.295. The molecule has 0 atom stereocenters. The van der Waals surface area contributed by atoms with Crippen LogP contribution in [0.25, 0.3) is 5.65 Å². The molecule has 2 heterocycles. The van der Waals surface area contributed by atoms with Gasteiger partial charge in [-0.3, -0.25) is 0 Å². The van der Waals surface area contributed by atoms with Gasteiger partial charge in [-0.15, -0.1) is 0 Å². The van der Waals surface area contributed by atoms with Gasteiger partial charge in [-0.05, 0) is 25.0 Å². The number of rotatable bonds is 2. The molecule has 3 nitrogen and oxygen atoms in total. The second-order valence-electron chi connectivity index (χ2n) is 5.14. The van der Waals surface area contributed by atoms with Crippen LogP contribution in [0.4, 0.5) is 0 Å². The summed E-state index contributed by atoms with van der Waals surface area (Å²) < 4.78 is 2.10. The van der Waals surface area contributed by atoms with E-state index in [0.29, 0.717) is 0 Å². The van der Waals surface area contributed by atoms with Crippen molar-refractivity contribution in [2.45, 2.75) is 37.5 Å². The van der Waals surface area contributed by atoms with E-state index in [2.05, 4.69) is 22.9 Å². The summed E-state index contributed by atoms with van der Waals surface area (Å²) in [5.74, 6) is 0. The van der Waals surface area contributed by atoms with Crippen LogP contribution in [-0.4, -0.2) is 15.9 Å². The summed E-state index contributed by atoms with van der Waals surface area (Å²) in [6.07, 6.45) is 10.5. The molecule has 1 saturated carbocycles. The van der Waals surface area contributed by atoms with E-state index in [-0.39, 0.29) is 5.41 Å². The normalized spacial score (nSPS) is 19.6. The average Bonchev–Trinajstić information content (AvgIpc) is 2.84. The van der Waals surface area contributed by atoms with Gasteiger partial charge in [0, 0.05) is 24.4 Å². The van der Waals surface area contributed by atoms with E-state index in [0.717, 1.165) is 12.2 Å². The Labute approximate surface area is 102 Å². The minimum Gasteiger partial charge on any atom is -0.330 e. The summed E-state index contributed by atoms with van der Waals surface area (Å²) in [7, 11) is 0. The molecule has 1 aliphatic carbocycles. The van der Waals surface area contributed by atoms with Crippen molar-refractivity contribution in [3.8, 4) is 0 Å². The molecule has 2 aromatic heterocycles. The van der Waals surface area contributed by atoms with Crippen molar-refractivity contribution in [2.24, 2.45) is 5.73 Å². The third-order valence-electron chi connectivity index (χ3n) is 4.11. The first-order valence-corrected chi connectivity index (χ1v) is 6.48. The van der Waals surface area contributed by atoms with Crippen LogP contribution >= 0.6 is 0 Å². The average molecular weight is 229 g/mol. The van der Waals surface area contributed by atoms with Gasteiger partial charge in [-0.2, -0.15) is 0 Å². The molecule has 0 saturated heterocycles. The molecule has 3 rings (SSSR count). The van der Waals surface area contributed by atoms with Gasteiger partial charge in [0.1, 0.15) is 5.65 Å². The third kappa shape index (κ3) is 1.75. The number of pyridine rings is 1. The number of imidazole rings is 1. The second kappa shape index (κ2) is 4.15. The Kier molecular flexibility index (Phi) is 2.63. The van der Waals surface area contributed by atoms with Crippen molar-refractivity contribution in [1.82, 2.24) is 9.38 Å². The van der Waals surface area contributed by atoms with Crippen LogP contribution in [0.15, 0.2) is 30.6 Å². The summed E-state index contributed by atoms with van der Waals surface area (Å²) in [6, 6.07) is 6.12. The Balaban J connectivity index is 2.05. The zero-order valence-corrected chi connectivity index (χ0v) is 10.1. The maximum absolute atomic E-state index is 6.04. The maximum atomic E-state index is 6.04. The quantitative estimate of drug-likeness (QED) is 0.859. The van der Waals surface area contributed by atoms with E-state index in [9.17, 15) is 0 Å². The summed E-state index contributed by atoms with van der Waals surface area (Å²) in [6.45, 7) is 0.719. The summed E-state index contributed by atoms with van der Waals surface area (Å²) >= 11 is 0. The Hall–Kier alpha value is -1.35. The summed E-state index contributed by atoms with van der Waals surface area (Å²) in [5, 5.41) is 0. The fourth-order valence-electron chi connectivity index (χ4n) is 2.98. The van der Waals surface area contributed by atoms with Gasteiger partial charge >= 0.3 is 0 Å². The summed E-state index contributed by atoms with van der Waals surface area (Å²) in [5.41, 5.74) is 8.39. The summed E-state index contributed by atoms with van der Waals surface area (Å²) in [4.78, 5) is 4.76. The number of aromatic nitrogens is 2. The highest BCUT2D eigenvalue weighted by atomic mass is 15.0. The molecule has 2 aromatic rings. The van der Waals surface area contributed by atoms with Crippen molar-refractivity contribution in [1.29, 1.82) is 0 Å². The lowest BCUT2D eigenvalue weighted by Crippen LogP contribution is -2.37. The van der Waals surface area contributed by atoms with Crippen LogP contribution in [0.5, 0.6) is 0 Å². The van der Waals surface area contributed by atoms with E-state index in [1.165, 1.54) is 37.8 Å². The van der Waals surface area contributed by atoms with Gasteiger partial charge in [-0.25, -0.2) is 4.98 Å². The zero-order chi connectivity index (χ0) is 11.7. The molecule has 0 radical (unpaired) electrons. The molecule has 1 fully saturated rings. The highest BCUT2D eigenvalue weighted by Crippen LogP contribution is 2.38. The molecule has 1 aliphatic rings. The second-order valence-corrected chi connectivity index (χ2v) is 5.14. The first-order chi connectivity index (χ1) is 8.34. The van der Waals surface area contributed by atoms with Crippen molar-refractivity contribution in [3.63, 3.8) is 0 Å². The lowest BCUT2D eigenvalue weighted by Gasteiger charge is -2.34. The molecule has 0 spiro atoms. The highest BCUT2D eigenvalue weighted by molar-refractivity contribution is 5.41. The number of hydrogen-bond donors (Lipinski definition) is 1. The van der Waals surface area contributed by atoms with Gasteiger partial charge in [0.05, 0.1) is 5.69 Å². The molecule has 0 amide bonds. The number of fused-ring (bicyclic) bond motifs is 1. The van der Waals surface area contributed by atoms with Crippen LogP contribution in [0.2, 0.25) is 0 Å². The standard InChI is InChI=1S/C14H19N3/c15-11-14(7-3-1-4-8-14)12-10-17-9-5-2-6-13(17)16-12/h2,5-6,9-10H,1,3-4,7-8,11,15H2. The minimum atomic E-state index is 0.129. The topological polar surface area (TPSA) is 43.3 Å². The molecular formula is C14H19N3. The van der Waals surface area contributed by atoms with E-state index < -0.39 is 0 Å². The SMILES string of the molecule is NCC1(c2cn3ccccc3n2)CCCCC1. The van der Waals surface area contributed by atoms with Crippen molar-refractivity contribution in [3.05, 3.63) is 36.3 Å². The van der Waals surface area contributed by atoms with E-state index in [4.69, 9.17) is 10.7 Å². The fraction of sp³-hybridized carbons (Fsp3) is 0.500. The molecule has 0 aliphatic heterocycles. The Bertz CT molecular complexity index is 476. The zero-order valence-electron chi connectivity index (χ0n) is 10.1. The van der Waals surface area contributed by atoms with Crippen molar-refractivity contribution < 1.29 is 0 Å². The van der Waals surface area contributed by atoms with E-state index >= 15 is 0 Å². The fourth-order valence-corrected chi connectivity index (χ4v) is 2.98. The number of hydrogen-bond acceptors (Lipinski definition) is 2. The minimum absolute atomic E-state index is 0.129. The maximum Gasteiger partial charge on any atom is 0.136 e. The Morgan fingerprint density at radius 3 is 2.76 bits per heavy atom. The predicted octanol–water partition coefficient (Wildman–Crippen LogP) is 2.49. The van der Waals surface area contributed by atoms with Crippen molar-refractivity contribution >= 4 is 5.65 Å². The molecule has 0 aromatic carbocycles. The molecule has 0 unspecified atom stereocenters. The van der Waals surface area contributed by atoms with Crippen LogP contribution in [-0.2, 0) is 5.41 Å². The number of nitrogens with zero attached hydrogens (tertiary/aromatic N) is 2. The van der Waals surface area contributed by atoms with Crippen LogP contribution in [0.1, 0.15) is 37.8 Å². The molecule has 90 valence electrons. The molecule has 0 bridgehead atoms. The van der Waals surface area contributed by atoms with Crippen LogP contribution in [0.3, 0.4) is 0 Å². The predicted molar refractivity (Wildman–Crippen MR) is 69.0 cm³/mol. The molecule has 3 heteroatoms. The monoisotopic (exact) mass is 229 g/mol. The Morgan fingerprint density at radius 1 is 1.24 bits per heavy atom. The first-order valence-electron chi connectivity index (χ1n) is 6.48. The van der Waals surface area contributed by atoms with E-state index in [1.54, 1.807) is 0 Å². The van der Waals surface area contributed by atoms with Gasteiger partial charge in [-0.1, -0.05) is 25.3 Å². The largest absolute Gasteiger partial charge is 0.330 e. The number of nitrogens with two attached hydrogens (primary N) is 1. The molecular weight excluding hydrogens is 210 g/mol. The first kappa shape index (κ1) is 10.8. The van der Waals surface area contributed by atoms with Gasteiger partial charge in [0.15, 0.2) is 0 Å². The van der Waals surface area contributed by atoms with Gasteiger partial charge < -0.3 is 10.1 Å². The molecule has 17 heavy (non-hydrogen) atoms. The van der Waals surface area contributed by atoms with Gasteiger partial charge in [0.25, 0.3) is 0 Å². The third-order valence-corrected chi connectivity index (χ3v) is 4.11. The smallest absolute Gasteiger partial charge is 0.136 e. The van der Waals surface area contributed by atoms with Crippen LogP contribution in [0, 0.1) is 0 Å². The lowest BCUT2D eigenvalue weighted by atomic mass is 9.72. The highest BCUT2D eigenvalue weighted by Gasteiger charge is 2.34.